The maximum Gasteiger partial charge on any atom is 0.248 e. The number of halogens is 1. The zero-order valence-electron chi connectivity index (χ0n) is 13.0. The van der Waals surface area contributed by atoms with Crippen LogP contribution in [0.4, 0.5) is 5.69 Å². The molecule has 1 aliphatic rings. The van der Waals surface area contributed by atoms with Crippen LogP contribution in [0.25, 0.3) is 6.08 Å². The second-order valence-corrected chi connectivity index (χ2v) is 6.00. The molecule has 0 radical (unpaired) electrons. The van der Waals surface area contributed by atoms with Crippen LogP contribution < -0.4 is 19.5 Å². The summed E-state index contributed by atoms with van der Waals surface area (Å²) < 4.78 is 17.4. The zero-order chi connectivity index (χ0) is 16.9. The largest absolute Gasteiger partial charge is 0.493 e. The summed E-state index contributed by atoms with van der Waals surface area (Å²) in [6.45, 7) is 0.986. The maximum absolute atomic E-state index is 12.0. The molecule has 1 aliphatic heterocycles. The highest BCUT2D eigenvalue weighted by molar-refractivity contribution is 9.10. The number of carbonyl (C=O) groups is 1. The molecule has 6 heteroatoms. The van der Waals surface area contributed by atoms with Crippen molar-refractivity contribution in [2.75, 3.05) is 25.6 Å². The highest BCUT2D eigenvalue weighted by Gasteiger charge is 2.17. The Kier molecular flexibility index (Phi) is 5.05. The molecule has 1 N–H and O–H groups in total. The Balaban J connectivity index is 1.75. The molecule has 0 bridgehead atoms. The number of hydrogen-bond donors (Lipinski definition) is 1. The van der Waals surface area contributed by atoms with E-state index in [0.717, 1.165) is 15.7 Å². The van der Waals surface area contributed by atoms with Crippen molar-refractivity contribution in [1.82, 2.24) is 0 Å². The standard InChI is InChI=1S/C18H16BrNO4/c1-22-15-9-12(10-16-18(15)24-8-7-23-16)5-6-17(21)20-14-4-2-3-13(19)11-14/h2-6,9-11H,7-8H2,1H3,(H,20,21)/b6-5+. The SMILES string of the molecule is COc1cc(/C=C/C(=O)Nc2cccc(Br)c2)cc2c1OCCO2. The molecule has 24 heavy (non-hydrogen) atoms. The number of anilines is 1. The molecule has 0 fully saturated rings. The number of rotatable bonds is 4. The van der Waals surface area contributed by atoms with Gasteiger partial charge < -0.3 is 19.5 Å². The third-order valence-electron chi connectivity index (χ3n) is 3.37. The first-order valence-corrected chi connectivity index (χ1v) is 8.17. The van der Waals surface area contributed by atoms with Gasteiger partial charge in [-0.05, 0) is 42.0 Å². The predicted molar refractivity (Wildman–Crippen MR) is 95.8 cm³/mol. The first kappa shape index (κ1) is 16.4. The minimum atomic E-state index is -0.220. The van der Waals surface area contributed by atoms with Crippen molar-refractivity contribution < 1.29 is 19.0 Å². The summed E-state index contributed by atoms with van der Waals surface area (Å²) in [7, 11) is 1.57. The number of fused-ring (bicyclic) bond motifs is 1. The lowest BCUT2D eigenvalue weighted by Gasteiger charge is -2.20. The van der Waals surface area contributed by atoms with Crippen molar-refractivity contribution in [3.05, 3.63) is 52.5 Å². The number of methoxy groups -OCH3 is 1. The Morgan fingerprint density at radius 2 is 2.08 bits per heavy atom. The van der Waals surface area contributed by atoms with Gasteiger partial charge in [0.15, 0.2) is 11.5 Å². The van der Waals surface area contributed by atoms with Gasteiger partial charge in [0.1, 0.15) is 13.2 Å². The molecule has 124 valence electrons. The van der Waals surface area contributed by atoms with Gasteiger partial charge in [-0.2, -0.15) is 0 Å². The van der Waals surface area contributed by atoms with E-state index in [0.29, 0.717) is 30.5 Å². The molecule has 1 amide bonds. The summed E-state index contributed by atoms with van der Waals surface area (Å²) >= 11 is 3.37. The fraction of sp³-hybridized carbons (Fsp3) is 0.167. The van der Waals surface area contributed by atoms with Crippen LogP contribution in [0.1, 0.15) is 5.56 Å². The third kappa shape index (κ3) is 3.89. The molecular weight excluding hydrogens is 374 g/mol. The Hall–Kier alpha value is -2.47. The molecule has 0 atom stereocenters. The molecule has 0 saturated heterocycles. The lowest BCUT2D eigenvalue weighted by molar-refractivity contribution is -0.111. The van der Waals surface area contributed by atoms with Crippen molar-refractivity contribution in [3.8, 4) is 17.2 Å². The van der Waals surface area contributed by atoms with E-state index >= 15 is 0 Å². The van der Waals surface area contributed by atoms with Crippen LogP contribution in [-0.4, -0.2) is 26.2 Å². The Morgan fingerprint density at radius 1 is 1.25 bits per heavy atom. The minimum absolute atomic E-state index is 0.220. The molecule has 0 spiro atoms. The Labute approximate surface area is 148 Å². The van der Waals surface area contributed by atoms with Crippen LogP contribution in [-0.2, 0) is 4.79 Å². The third-order valence-corrected chi connectivity index (χ3v) is 3.86. The van der Waals surface area contributed by atoms with E-state index in [2.05, 4.69) is 21.2 Å². The lowest BCUT2D eigenvalue weighted by atomic mass is 10.1. The van der Waals surface area contributed by atoms with Gasteiger partial charge in [-0.25, -0.2) is 0 Å². The van der Waals surface area contributed by atoms with E-state index < -0.39 is 0 Å². The van der Waals surface area contributed by atoms with E-state index in [1.54, 1.807) is 19.3 Å². The Morgan fingerprint density at radius 3 is 2.88 bits per heavy atom. The molecule has 2 aromatic carbocycles. The van der Waals surface area contributed by atoms with Gasteiger partial charge in [-0.1, -0.05) is 22.0 Å². The van der Waals surface area contributed by atoms with E-state index in [-0.39, 0.29) is 5.91 Å². The summed E-state index contributed by atoms with van der Waals surface area (Å²) in [6, 6.07) is 11.0. The first-order chi connectivity index (χ1) is 11.7. The quantitative estimate of drug-likeness (QED) is 0.806. The van der Waals surface area contributed by atoms with Gasteiger partial charge >= 0.3 is 0 Å². The van der Waals surface area contributed by atoms with E-state index in [1.165, 1.54) is 6.08 Å². The predicted octanol–water partition coefficient (Wildman–Crippen LogP) is 3.88. The van der Waals surface area contributed by atoms with Crippen molar-refractivity contribution in [3.63, 3.8) is 0 Å². The molecule has 3 rings (SSSR count). The van der Waals surface area contributed by atoms with Crippen molar-refractivity contribution >= 4 is 33.6 Å². The molecule has 2 aromatic rings. The van der Waals surface area contributed by atoms with Crippen LogP contribution in [0.2, 0.25) is 0 Å². The van der Waals surface area contributed by atoms with E-state index in [9.17, 15) is 4.79 Å². The zero-order valence-corrected chi connectivity index (χ0v) is 14.6. The van der Waals surface area contributed by atoms with E-state index in [4.69, 9.17) is 14.2 Å². The lowest BCUT2D eigenvalue weighted by Crippen LogP contribution is -2.16. The van der Waals surface area contributed by atoms with Gasteiger partial charge in [0.05, 0.1) is 7.11 Å². The fourth-order valence-electron chi connectivity index (χ4n) is 2.31. The highest BCUT2D eigenvalue weighted by Crippen LogP contribution is 2.40. The molecule has 0 aromatic heterocycles. The number of carbonyl (C=O) groups excluding carboxylic acids is 1. The number of ether oxygens (including phenoxy) is 3. The number of nitrogens with one attached hydrogen (secondary N) is 1. The fourth-order valence-corrected chi connectivity index (χ4v) is 2.71. The summed E-state index contributed by atoms with van der Waals surface area (Å²) in [4.78, 5) is 12.0. The Bertz CT molecular complexity index is 771. The number of hydrogen-bond acceptors (Lipinski definition) is 4. The van der Waals surface area contributed by atoms with Crippen LogP contribution in [0.5, 0.6) is 17.2 Å². The minimum Gasteiger partial charge on any atom is -0.493 e. The average molecular weight is 390 g/mol. The highest BCUT2D eigenvalue weighted by atomic mass is 79.9. The summed E-state index contributed by atoms with van der Waals surface area (Å²) in [5.74, 6) is 1.58. The molecule has 1 heterocycles. The molecule has 0 unspecified atom stereocenters. The topological polar surface area (TPSA) is 56.8 Å². The summed E-state index contributed by atoms with van der Waals surface area (Å²) in [6.07, 6.45) is 3.17. The average Bonchev–Trinajstić information content (AvgIpc) is 2.59. The van der Waals surface area contributed by atoms with Crippen LogP contribution in [0.3, 0.4) is 0 Å². The number of amides is 1. The van der Waals surface area contributed by atoms with Crippen molar-refractivity contribution in [1.29, 1.82) is 0 Å². The van der Waals surface area contributed by atoms with Gasteiger partial charge in [0.25, 0.3) is 0 Å². The smallest absolute Gasteiger partial charge is 0.248 e. The second-order valence-electron chi connectivity index (χ2n) is 5.08. The van der Waals surface area contributed by atoms with Crippen molar-refractivity contribution in [2.45, 2.75) is 0 Å². The van der Waals surface area contributed by atoms with E-state index in [1.807, 2.05) is 30.3 Å². The monoisotopic (exact) mass is 389 g/mol. The normalized spacial score (nSPS) is 12.9. The molecule has 5 nitrogen and oxygen atoms in total. The maximum atomic E-state index is 12.0. The van der Waals surface area contributed by atoms with Gasteiger partial charge in [-0.3, -0.25) is 4.79 Å². The molecular formula is C18H16BrNO4. The van der Waals surface area contributed by atoms with Crippen LogP contribution in [0.15, 0.2) is 46.9 Å². The van der Waals surface area contributed by atoms with Gasteiger partial charge in [0.2, 0.25) is 11.7 Å². The number of benzene rings is 2. The summed E-state index contributed by atoms with van der Waals surface area (Å²) in [5.41, 5.74) is 1.51. The van der Waals surface area contributed by atoms with Crippen molar-refractivity contribution in [2.24, 2.45) is 0 Å². The second kappa shape index (κ2) is 7.40. The van der Waals surface area contributed by atoms with Crippen LogP contribution >= 0.6 is 15.9 Å². The van der Waals surface area contributed by atoms with Gasteiger partial charge in [0, 0.05) is 16.2 Å². The molecule has 0 aliphatic carbocycles. The first-order valence-electron chi connectivity index (χ1n) is 7.38. The molecule has 0 saturated carbocycles. The van der Waals surface area contributed by atoms with Gasteiger partial charge in [-0.15, -0.1) is 0 Å². The van der Waals surface area contributed by atoms with Crippen LogP contribution in [0, 0.1) is 0 Å². The summed E-state index contributed by atoms with van der Waals surface area (Å²) in [5, 5.41) is 2.80.